The van der Waals surface area contributed by atoms with E-state index in [-0.39, 0.29) is 10.9 Å². The third-order valence-corrected chi connectivity index (χ3v) is 3.54. The van der Waals surface area contributed by atoms with Crippen molar-refractivity contribution in [2.24, 2.45) is 0 Å². The van der Waals surface area contributed by atoms with Crippen LogP contribution in [-0.4, -0.2) is 4.98 Å². The van der Waals surface area contributed by atoms with Gasteiger partial charge in [0, 0.05) is 12.1 Å². The number of halogens is 4. The molecule has 0 saturated carbocycles. The van der Waals surface area contributed by atoms with Gasteiger partial charge in [-0.15, -0.1) is 0 Å². The van der Waals surface area contributed by atoms with Crippen LogP contribution in [-0.2, 0) is 0 Å². The minimum Gasteiger partial charge on any atom is -0.251 e. The molecule has 0 N–H and O–H groups in total. The fraction of sp³-hybridized carbons (Fsp3) is 0.100. The van der Waals surface area contributed by atoms with Gasteiger partial charge >= 0.3 is 0 Å². The maximum atomic E-state index is 13.5. The third kappa shape index (κ3) is 1.72. The summed E-state index contributed by atoms with van der Waals surface area (Å²) in [6.07, 6.45) is 0. The SMILES string of the molecule is Cc1nc2cc(F)cc(F)c2c(Br)c1Cl. The number of hydrogen-bond acceptors (Lipinski definition) is 1. The van der Waals surface area contributed by atoms with Crippen LogP contribution >= 0.6 is 27.5 Å². The maximum absolute atomic E-state index is 13.5. The molecule has 2 aromatic rings. The van der Waals surface area contributed by atoms with Gasteiger partial charge < -0.3 is 0 Å². The van der Waals surface area contributed by atoms with Crippen LogP contribution in [0.2, 0.25) is 5.02 Å². The van der Waals surface area contributed by atoms with E-state index in [1.54, 1.807) is 6.92 Å². The highest BCUT2D eigenvalue weighted by Crippen LogP contribution is 2.33. The Morgan fingerprint density at radius 1 is 1.33 bits per heavy atom. The number of aromatic nitrogens is 1. The van der Waals surface area contributed by atoms with E-state index < -0.39 is 11.6 Å². The minimum atomic E-state index is -0.675. The van der Waals surface area contributed by atoms with Crippen LogP contribution in [0, 0.1) is 18.6 Å². The van der Waals surface area contributed by atoms with Gasteiger partial charge in [-0.05, 0) is 22.9 Å². The average molecular weight is 293 g/mol. The predicted octanol–water partition coefficient (Wildman–Crippen LogP) is 4.24. The first-order chi connectivity index (χ1) is 7.00. The maximum Gasteiger partial charge on any atom is 0.136 e. The van der Waals surface area contributed by atoms with Crippen molar-refractivity contribution in [3.8, 4) is 0 Å². The summed E-state index contributed by atoms with van der Waals surface area (Å²) in [4.78, 5) is 4.02. The molecule has 0 radical (unpaired) electrons. The zero-order valence-electron chi connectivity index (χ0n) is 7.61. The van der Waals surface area contributed by atoms with E-state index in [1.165, 1.54) is 6.07 Å². The molecular weight excluding hydrogens is 287 g/mol. The highest BCUT2D eigenvalue weighted by molar-refractivity contribution is 9.10. The Kier molecular flexibility index (Phi) is 2.64. The fourth-order valence-electron chi connectivity index (χ4n) is 1.36. The Labute approximate surface area is 98.2 Å². The van der Waals surface area contributed by atoms with Crippen LogP contribution in [0.3, 0.4) is 0 Å². The van der Waals surface area contributed by atoms with Gasteiger partial charge in [0.2, 0.25) is 0 Å². The molecule has 0 spiro atoms. The van der Waals surface area contributed by atoms with Gasteiger partial charge in [-0.2, -0.15) is 0 Å². The Morgan fingerprint density at radius 2 is 2.00 bits per heavy atom. The lowest BCUT2D eigenvalue weighted by Gasteiger charge is -2.06. The molecule has 15 heavy (non-hydrogen) atoms. The molecule has 78 valence electrons. The molecule has 0 bridgehead atoms. The van der Waals surface area contributed by atoms with Crippen LogP contribution in [0.15, 0.2) is 16.6 Å². The summed E-state index contributed by atoms with van der Waals surface area (Å²) in [5, 5.41) is 0.542. The second-order valence-electron chi connectivity index (χ2n) is 3.11. The summed E-state index contributed by atoms with van der Waals surface area (Å²) in [6.45, 7) is 1.68. The highest BCUT2D eigenvalue weighted by Gasteiger charge is 2.13. The molecular formula is C10H5BrClF2N. The third-order valence-electron chi connectivity index (χ3n) is 2.05. The summed E-state index contributed by atoms with van der Waals surface area (Å²) >= 11 is 9.07. The molecule has 0 aliphatic carbocycles. The van der Waals surface area contributed by atoms with Crippen molar-refractivity contribution >= 4 is 38.4 Å². The van der Waals surface area contributed by atoms with Crippen LogP contribution in [0.4, 0.5) is 8.78 Å². The summed E-state index contributed by atoms with van der Waals surface area (Å²) in [7, 11) is 0. The van der Waals surface area contributed by atoms with Gasteiger partial charge in [-0.3, -0.25) is 4.98 Å². The highest BCUT2D eigenvalue weighted by atomic mass is 79.9. The number of fused-ring (bicyclic) bond motifs is 1. The number of hydrogen-bond donors (Lipinski definition) is 0. The molecule has 2 rings (SSSR count). The number of rotatable bonds is 0. The number of benzene rings is 1. The molecule has 1 aromatic carbocycles. The van der Waals surface area contributed by atoms with Crippen molar-refractivity contribution in [2.75, 3.05) is 0 Å². The van der Waals surface area contributed by atoms with Crippen molar-refractivity contribution in [3.63, 3.8) is 0 Å². The van der Waals surface area contributed by atoms with E-state index in [9.17, 15) is 8.78 Å². The largest absolute Gasteiger partial charge is 0.251 e. The van der Waals surface area contributed by atoms with Gasteiger partial charge in [0.25, 0.3) is 0 Å². The first-order valence-corrected chi connectivity index (χ1v) is 5.28. The summed E-state index contributed by atoms with van der Waals surface area (Å²) < 4.78 is 26.8. The molecule has 0 amide bonds. The lowest BCUT2D eigenvalue weighted by atomic mass is 10.2. The van der Waals surface area contributed by atoms with Gasteiger partial charge in [0.1, 0.15) is 11.6 Å². The van der Waals surface area contributed by atoms with E-state index in [2.05, 4.69) is 20.9 Å². The topological polar surface area (TPSA) is 12.9 Å². The summed E-state index contributed by atoms with van der Waals surface area (Å²) in [5.74, 6) is -1.33. The second kappa shape index (κ2) is 3.68. The first kappa shape index (κ1) is 10.8. The molecule has 0 unspecified atom stereocenters. The van der Waals surface area contributed by atoms with Crippen molar-refractivity contribution in [3.05, 3.63) is 39.0 Å². The lowest BCUT2D eigenvalue weighted by Crippen LogP contribution is -1.92. The summed E-state index contributed by atoms with van der Waals surface area (Å²) in [5.41, 5.74) is 0.780. The fourth-order valence-corrected chi connectivity index (χ4v) is 2.18. The molecule has 1 nitrogen and oxygen atoms in total. The van der Waals surface area contributed by atoms with Crippen molar-refractivity contribution < 1.29 is 8.78 Å². The number of aryl methyl sites for hydroxylation is 1. The van der Waals surface area contributed by atoms with Crippen LogP contribution in [0.1, 0.15) is 5.69 Å². The molecule has 1 heterocycles. The monoisotopic (exact) mass is 291 g/mol. The van der Waals surface area contributed by atoms with Crippen molar-refractivity contribution in [2.45, 2.75) is 6.92 Å². The molecule has 5 heteroatoms. The Balaban J connectivity index is 2.99. The average Bonchev–Trinajstić information content (AvgIpc) is 2.13. The van der Waals surface area contributed by atoms with E-state index in [0.29, 0.717) is 15.2 Å². The Bertz CT molecular complexity index is 557. The van der Waals surface area contributed by atoms with Crippen molar-refractivity contribution in [1.29, 1.82) is 0 Å². The zero-order valence-corrected chi connectivity index (χ0v) is 9.96. The van der Waals surface area contributed by atoms with E-state index in [0.717, 1.165) is 6.07 Å². The summed E-state index contributed by atoms with van der Waals surface area (Å²) in [6, 6.07) is 1.98. The predicted molar refractivity (Wildman–Crippen MR) is 59.1 cm³/mol. The van der Waals surface area contributed by atoms with Crippen LogP contribution in [0.5, 0.6) is 0 Å². The van der Waals surface area contributed by atoms with Crippen molar-refractivity contribution in [1.82, 2.24) is 4.98 Å². The molecule has 0 fully saturated rings. The molecule has 0 aliphatic heterocycles. The molecule has 0 atom stereocenters. The van der Waals surface area contributed by atoms with Gasteiger partial charge in [0.15, 0.2) is 0 Å². The normalized spacial score (nSPS) is 11.0. The van der Waals surface area contributed by atoms with E-state index in [1.807, 2.05) is 0 Å². The molecule has 1 aromatic heterocycles. The van der Waals surface area contributed by atoms with E-state index >= 15 is 0 Å². The van der Waals surface area contributed by atoms with Crippen LogP contribution in [0.25, 0.3) is 10.9 Å². The standard InChI is InChI=1S/C10H5BrClF2N/c1-4-10(12)9(11)8-6(14)2-5(13)3-7(8)15-4/h2-3H,1H3. The van der Waals surface area contributed by atoms with Gasteiger partial charge in [0.05, 0.1) is 26.1 Å². The molecule has 0 aliphatic rings. The number of nitrogens with zero attached hydrogens (tertiary/aromatic N) is 1. The lowest BCUT2D eigenvalue weighted by molar-refractivity contribution is 0.591. The van der Waals surface area contributed by atoms with Gasteiger partial charge in [-0.1, -0.05) is 11.6 Å². The molecule has 0 saturated heterocycles. The Morgan fingerprint density at radius 3 is 2.67 bits per heavy atom. The first-order valence-electron chi connectivity index (χ1n) is 4.11. The quantitative estimate of drug-likeness (QED) is 0.708. The van der Waals surface area contributed by atoms with E-state index in [4.69, 9.17) is 11.6 Å². The smallest absolute Gasteiger partial charge is 0.136 e. The van der Waals surface area contributed by atoms with Crippen LogP contribution < -0.4 is 0 Å². The zero-order chi connectivity index (χ0) is 11.2. The number of pyridine rings is 1. The second-order valence-corrected chi connectivity index (χ2v) is 4.28. The van der Waals surface area contributed by atoms with Gasteiger partial charge in [-0.25, -0.2) is 8.78 Å². The minimum absolute atomic E-state index is 0.201. The Hall–Kier alpha value is -0.740.